The van der Waals surface area contributed by atoms with Gasteiger partial charge in [-0.25, -0.2) is 19.2 Å². The lowest BCUT2D eigenvalue weighted by Gasteiger charge is -2.19. The van der Waals surface area contributed by atoms with Crippen molar-refractivity contribution in [3.63, 3.8) is 0 Å². The molecule has 0 fully saturated rings. The summed E-state index contributed by atoms with van der Waals surface area (Å²) in [5.74, 6) is -2.01. The number of carboxylic acid groups (broad SMARTS) is 1. The fourth-order valence-corrected chi connectivity index (χ4v) is 12.0. The third-order valence-electron chi connectivity index (χ3n) is 18.2. The maximum absolute atomic E-state index is 13.5. The number of hydrogen-bond acceptors (Lipinski definition) is 27. The number of rotatable bonds is 64. The van der Waals surface area contributed by atoms with Gasteiger partial charge in [-0.3, -0.25) is 38.4 Å². The fraction of sp³-hybridized carbons (Fsp3) is 0.576. The molecule has 34 heteroatoms. The topological polar surface area (TPSA) is 436 Å². The lowest BCUT2D eigenvalue weighted by molar-refractivity contribution is -0.157. The number of ether oxygens (including phenoxy) is 15. The van der Waals surface area contributed by atoms with Crippen molar-refractivity contribution in [3.05, 3.63) is 155 Å². The number of benzene rings is 5. The average Bonchev–Trinajstić information content (AvgIpc) is 0.872. The molecule has 738 valence electrons. The number of ketones is 2. The predicted octanol–water partition coefficient (Wildman–Crippen LogP) is 11.9. The number of carbonyl (C=O) groups is 12. The van der Waals surface area contributed by atoms with E-state index in [2.05, 4.69) is 31.9 Å². The Labute approximate surface area is 783 Å². The second-order valence-electron chi connectivity index (χ2n) is 35.0. The van der Waals surface area contributed by atoms with Gasteiger partial charge in [0, 0.05) is 77.8 Å². The van der Waals surface area contributed by atoms with Crippen LogP contribution in [0.5, 0.6) is 23.0 Å². The molecule has 34 nitrogen and oxygen atoms in total. The molecule has 0 aliphatic heterocycles. The van der Waals surface area contributed by atoms with Crippen molar-refractivity contribution in [2.45, 2.75) is 253 Å². The Morgan fingerprint density at radius 3 is 0.925 bits per heavy atom. The molecule has 5 aromatic rings. The Bertz CT molecular complexity index is 4240. The Hall–Kier alpha value is -11.3. The Morgan fingerprint density at radius 2 is 0.594 bits per heavy atom. The largest absolute Gasteiger partial charge is 0.492 e. The minimum atomic E-state index is -1.19. The molecular formula is C99H144N6O28. The molecule has 0 aliphatic rings. The van der Waals surface area contributed by atoms with Gasteiger partial charge in [0.25, 0.3) is 0 Å². The number of hydrogen-bond donors (Lipinski definition) is 7. The molecule has 133 heavy (non-hydrogen) atoms. The summed E-state index contributed by atoms with van der Waals surface area (Å²) in [4.78, 5) is 151. The first kappa shape index (κ1) is 114. The van der Waals surface area contributed by atoms with Crippen LogP contribution in [0.1, 0.15) is 202 Å². The summed E-state index contributed by atoms with van der Waals surface area (Å²) in [6, 6.07) is 33.7. The van der Waals surface area contributed by atoms with Crippen LogP contribution in [0.3, 0.4) is 0 Å². The van der Waals surface area contributed by atoms with Crippen LogP contribution in [0.15, 0.2) is 127 Å². The van der Waals surface area contributed by atoms with Gasteiger partial charge in [0.2, 0.25) is 23.6 Å². The van der Waals surface area contributed by atoms with Crippen molar-refractivity contribution in [1.29, 1.82) is 0 Å². The Morgan fingerprint density at radius 1 is 0.301 bits per heavy atom. The van der Waals surface area contributed by atoms with E-state index in [-0.39, 0.29) is 225 Å². The SMILES string of the molecule is CCCOCCC(=O)N[C@@H](Cc1ccc(OCCOCCC(=O)OC(C)(C)C)cc1)C(=O)CCCOCCC(=O)N[C@@H](Cc1ccc(OCCNC(=O)OC(C)(C)C)cc1)C(=O)O.CCCOCCC(=O)N[C@@H](Cc1ccc(OCCOCCC(=O)OC(C)(C)C)cc1)C(=O)CCCOCCC(=O)N[C@@H](Cc1ccc(OCCNC(=O)OC(C)(C)C)cc1)C(=O)OCc1ccccc1. The molecule has 0 spiro atoms. The highest BCUT2D eigenvalue weighted by molar-refractivity contribution is 5.90. The monoisotopic (exact) mass is 1870 g/mol. The summed E-state index contributed by atoms with van der Waals surface area (Å²) in [5.41, 5.74) is 1.54. The van der Waals surface area contributed by atoms with Crippen LogP contribution >= 0.6 is 0 Å². The zero-order valence-electron chi connectivity index (χ0n) is 80.2. The number of amides is 6. The molecule has 0 bridgehead atoms. The summed E-state index contributed by atoms with van der Waals surface area (Å²) in [6.45, 7) is 29.9. The average molecular weight is 1870 g/mol. The van der Waals surface area contributed by atoms with Gasteiger partial charge in [-0.1, -0.05) is 92.7 Å². The molecule has 7 N–H and O–H groups in total. The number of esters is 3. The molecule has 0 heterocycles. The van der Waals surface area contributed by atoms with E-state index in [0.717, 1.165) is 35.1 Å². The first-order chi connectivity index (χ1) is 63.2. The minimum Gasteiger partial charge on any atom is -0.492 e. The Kier molecular flexibility index (Phi) is 54.7. The molecule has 0 unspecified atom stereocenters. The molecule has 0 saturated carbocycles. The highest BCUT2D eigenvalue weighted by Gasteiger charge is 2.28. The maximum Gasteiger partial charge on any atom is 0.407 e. The summed E-state index contributed by atoms with van der Waals surface area (Å²) >= 11 is 0. The quantitative estimate of drug-likeness (QED) is 0.0108. The van der Waals surface area contributed by atoms with E-state index in [9.17, 15) is 62.6 Å². The van der Waals surface area contributed by atoms with Crippen LogP contribution in [-0.4, -0.2) is 242 Å². The van der Waals surface area contributed by atoms with Gasteiger partial charge in [0.15, 0.2) is 11.6 Å². The molecule has 5 aromatic carbocycles. The highest BCUT2D eigenvalue weighted by atomic mass is 16.6. The first-order valence-electron chi connectivity index (χ1n) is 45.6. The van der Waals surface area contributed by atoms with Crippen LogP contribution in [0, 0.1) is 0 Å². The lowest BCUT2D eigenvalue weighted by Crippen LogP contribution is -2.43. The normalized spacial score (nSPS) is 12.3. The molecular weight excluding hydrogens is 1720 g/mol. The number of carbonyl (C=O) groups excluding carboxylic acids is 11. The van der Waals surface area contributed by atoms with E-state index in [1.807, 2.05) is 89.2 Å². The van der Waals surface area contributed by atoms with E-state index in [0.29, 0.717) is 54.6 Å². The number of alkyl carbamates (subject to hydrolysis) is 2. The zero-order valence-corrected chi connectivity index (χ0v) is 80.2. The van der Waals surface area contributed by atoms with Crippen LogP contribution in [-0.2, 0) is 132 Å². The van der Waals surface area contributed by atoms with Crippen LogP contribution in [0.4, 0.5) is 9.59 Å². The van der Waals surface area contributed by atoms with Gasteiger partial charge >= 0.3 is 36.1 Å². The van der Waals surface area contributed by atoms with E-state index >= 15 is 0 Å². The zero-order chi connectivity index (χ0) is 97.9. The molecule has 0 aliphatic carbocycles. The summed E-state index contributed by atoms with van der Waals surface area (Å²) in [5, 5.41) is 26.0. The van der Waals surface area contributed by atoms with Crippen molar-refractivity contribution >= 4 is 71.3 Å². The third kappa shape index (κ3) is 57.7. The van der Waals surface area contributed by atoms with E-state index in [1.54, 1.807) is 135 Å². The van der Waals surface area contributed by atoms with Crippen molar-refractivity contribution in [2.75, 3.05) is 119 Å². The lowest BCUT2D eigenvalue weighted by atomic mass is 9.99. The summed E-state index contributed by atoms with van der Waals surface area (Å²) < 4.78 is 82.6. The van der Waals surface area contributed by atoms with Crippen LogP contribution < -0.4 is 50.8 Å². The van der Waals surface area contributed by atoms with Crippen molar-refractivity contribution in [2.24, 2.45) is 0 Å². The third-order valence-corrected chi connectivity index (χ3v) is 18.2. The van der Waals surface area contributed by atoms with Gasteiger partial charge in [-0.15, -0.1) is 0 Å². The first-order valence-corrected chi connectivity index (χ1v) is 45.6. The summed E-state index contributed by atoms with van der Waals surface area (Å²) in [6.07, 6.45) is 2.64. The van der Waals surface area contributed by atoms with E-state index in [4.69, 9.17) is 71.1 Å². The molecule has 0 aromatic heterocycles. The second kappa shape index (κ2) is 63.8. The predicted molar refractivity (Wildman–Crippen MR) is 496 cm³/mol. The fourth-order valence-electron chi connectivity index (χ4n) is 12.0. The molecule has 0 radical (unpaired) electrons. The number of Topliss-reactive ketones (excluding diaryl/α,β-unsaturated/α-hetero) is 2. The van der Waals surface area contributed by atoms with E-state index in [1.165, 1.54) is 0 Å². The van der Waals surface area contributed by atoms with Crippen molar-refractivity contribution in [1.82, 2.24) is 31.9 Å². The van der Waals surface area contributed by atoms with Crippen LogP contribution in [0.2, 0.25) is 0 Å². The summed E-state index contributed by atoms with van der Waals surface area (Å²) in [7, 11) is 0. The second-order valence-corrected chi connectivity index (χ2v) is 35.0. The van der Waals surface area contributed by atoms with Gasteiger partial charge in [-0.05, 0) is 198 Å². The number of nitrogens with one attached hydrogen (secondary N) is 6. The minimum absolute atomic E-state index is 0.0196. The van der Waals surface area contributed by atoms with Gasteiger partial charge < -0.3 is 108 Å². The highest BCUT2D eigenvalue weighted by Crippen LogP contribution is 2.22. The molecule has 5 rings (SSSR count). The van der Waals surface area contributed by atoms with Crippen molar-refractivity contribution in [3.8, 4) is 23.0 Å². The molecule has 6 amide bonds. The van der Waals surface area contributed by atoms with Crippen molar-refractivity contribution < 1.29 is 134 Å². The standard InChI is InChI=1S/C53H75N3O14.C46H69N3O14/c1-8-28-63-30-24-47(58)55-44(36-39-16-22-43(23-17-39)67-35-34-65-32-26-49(60)69-52(2,3)4)46(57)15-12-29-64-31-25-48(59)56-45(50(61)68-38-41-13-10-9-11-14-41)37-40-18-20-42(21-19-40)66-33-27-54-51(62)70-53(5,6)7;1-8-23-57-25-19-40(51)48-37(31-33-11-17-36(18-12-33)61-30-29-59-27-21-42(53)62-45(2,3)4)39(50)10-9-24-58-26-20-41(52)49-38(43(54)55)32-34-13-15-35(16-14-34)60-28-22-47-44(56)63-46(5,6)7/h9-11,13-14,16-23,44-45H,8,12,15,24-38H2,1-7H3,(H,54,62)(H,55,58)(H,56,59);11-18,37-38H,8-10,19-32H2,1-7H3,(H,47,56)(H,48,51)(H,49,52)(H,54,55)/t44-,45-;37-,38-/m00/s1. The molecule has 0 saturated heterocycles. The number of aliphatic carboxylic acids is 1. The van der Waals surface area contributed by atoms with Gasteiger partial charge in [-0.2, -0.15) is 0 Å². The smallest absolute Gasteiger partial charge is 0.407 e. The van der Waals surface area contributed by atoms with Gasteiger partial charge in [0.05, 0.1) is 90.9 Å². The number of carboxylic acids is 1. The van der Waals surface area contributed by atoms with Gasteiger partial charge in [0.1, 0.15) is 90.5 Å². The molecule has 4 atom stereocenters. The van der Waals surface area contributed by atoms with Crippen LogP contribution in [0.25, 0.3) is 0 Å². The van der Waals surface area contributed by atoms with E-state index < -0.39 is 82.5 Å². The Balaban J connectivity index is 0.000000560. The maximum atomic E-state index is 13.5.